The van der Waals surface area contributed by atoms with Gasteiger partial charge in [-0.15, -0.1) is 11.8 Å². The van der Waals surface area contributed by atoms with Crippen molar-refractivity contribution >= 4 is 17.5 Å². The van der Waals surface area contributed by atoms with Gasteiger partial charge in [-0.3, -0.25) is 4.79 Å². The molecule has 0 unspecified atom stereocenters. The molecule has 0 radical (unpaired) electrons. The van der Waals surface area contributed by atoms with Crippen LogP contribution < -0.4 is 0 Å². The van der Waals surface area contributed by atoms with Gasteiger partial charge < -0.3 is 0 Å². The van der Waals surface area contributed by atoms with Crippen molar-refractivity contribution in [3.05, 3.63) is 29.8 Å². The normalized spacial score (nSPS) is 10.4. The maximum Gasteiger partial charge on any atom is 0.143 e. The Labute approximate surface area is 103 Å². The Kier molecular flexibility index (Phi) is 6.24. The van der Waals surface area contributed by atoms with E-state index in [2.05, 4.69) is 32.0 Å². The highest BCUT2D eigenvalue weighted by Crippen LogP contribution is 2.19. The summed E-state index contributed by atoms with van der Waals surface area (Å²) in [4.78, 5) is 12.8. The lowest BCUT2D eigenvalue weighted by Crippen LogP contribution is -2.00. The molecule has 0 saturated heterocycles. The summed E-state index contributed by atoms with van der Waals surface area (Å²) in [5.41, 5.74) is 1.25. The van der Waals surface area contributed by atoms with Crippen molar-refractivity contribution in [2.24, 2.45) is 0 Å². The summed E-state index contributed by atoms with van der Waals surface area (Å²) >= 11 is 1.65. The lowest BCUT2D eigenvalue weighted by molar-refractivity contribution is -0.116. The fourth-order valence-corrected chi connectivity index (χ4v) is 2.43. The Balaban J connectivity index is 2.26. The molecule has 1 aromatic carbocycles. The van der Waals surface area contributed by atoms with Gasteiger partial charge in [0.15, 0.2) is 0 Å². The molecule has 0 N–H and O–H groups in total. The number of hydrogen-bond donors (Lipinski definition) is 0. The Bertz CT molecular complexity index is 333. The zero-order valence-corrected chi connectivity index (χ0v) is 11.0. The van der Waals surface area contributed by atoms with Crippen LogP contribution in [0, 0.1) is 6.92 Å². The number of benzene rings is 1. The number of thioether (sulfide) groups is 1. The molecule has 0 aliphatic carbocycles. The molecule has 88 valence electrons. The van der Waals surface area contributed by atoms with Gasteiger partial charge in [-0.05, 0) is 25.5 Å². The topological polar surface area (TPSA) is 17.1 Å². The van der Waals surface area contributed by atoms with E-state index in [-0.39, 0.29) is 0 Å². The predicted molar refractivity (Wildman–Crippen MR) is 71.1 cm³/mol. The summed E-state index contributed by atoms with van der Waals surface area (Å²) in [7, 11) is 0. The van der Waals surface area contributed by atoms with E-state index in [4.69, 9.17) is 0 Å². The Hall–Kier alpha value is -0.760. The molecular formula is C14H20OS. The molecule has 0 aliphatic heterocycles. The van der Waals surface area contributed by atoms with Crippen LogP contribution in [0.1, 0.15) is 38.2 Å². The number of hydrogen-bond acceptors (Lipinski definition) is 2. The summed E-state index contributed by atoms with van der Waals surface area (Å²) in [6.45, 7) is 4.24. The monoisotopic (exact) mass is 236 g/mol. The van der Waals surface area contributed by atoms with E-state index in [1.165, 1.54) is 23.3 Å². The average Bonchev–Trinajstić information content (AvgIpc) is 2.27. The van der Waals surface area contributed by atoms with Crippen molar-refractivity contribution in [1.82, 2.24) is 0 Å². The van der Waals surface area contributed by atoms with Crippen molar-refractivity contribution in [2.75, 3.05) is 5.75 Å². The van der Waals surface area contributed by atoms with E-state index in [0.29, 0.717) is 11.5 Å². The van der Waals surface area contributed by atoms with E-state index in [0.717, 1.165) is 12.8 Å². The first kappa shape index (κ1) is 13.3. The number of aryl methyl sites for hydroxylation is 1. The average molecular weight is 236 g/mol. The van der Waals surface area contributed by atoms with Crippen LogP contribution in [0.4, 0.5) is 0 Å². The molecule has 0 bridgehead atoms. The molecule has 0 fully saturated rings. The number of carbonyl (C=O) groups is 1. The zero-order chi connectivity index (χ0) is 11.8. The van der Waals surface area contributed by atoms with Crippen molar-refractivity contribution in [2.45, 2.75) is 44.4 Å². The number of ketones is 1. The second kappa shape index (κ2) is 7.50. The molecule has 1 aromatic rings. The van der Waals surface area contributed by atoms with E-state index in [1.54, 1.807) is 11.8 Å². The van der Waals surface area contributed by atoms with E-state index in [1.807, 2.05) is 6.07 Å². The molecular weight excluding hydrogens is 216 g/mol. The predicted octanol–water partition coefficient (Wildman–Crippen LogP) is 4.24. The van der Waals surface area contributed by atoms with Crippen LogP contribution in [0.2, 0.25) is 0 Å². The number of carbonyl (C=O) groups excluding carboxylic acids is 1. The summed E-state index contributed by atoms with van der Waals surface area (Å²) in [5, 5.41) is 0. The quantitative estimate of drug-likeness (QED) is 0.520. The van der Waals surface area contributed by atoms with Gasteiger partial charge in [0.05, 0.1) is 5.75 Å². The minimum absolute atomic E-state index is 0.375. The van der Waals surface area contributed by atoms with Crippen LogP contribution in [-0.2, 0) is 4.79 Å². The standard InChI is InChI=1S/C14H20OS/c1-3-4-5-8-13(15)11-16-14-9-6-7-12(2)10-14/h6-7,9-10H,3-5,8,11H2,1-2H3. The second-order valence-electron chi connectivity index (χ2n) is 4.10. The zero-order valence-electron chi connectivity index (χ0n) is 10.2. The smallest absolute Gasteiger partial charge is 0.143 e. The number of rotatable bonds is 7. The summed E-state index contributed by atoms with van der Waals surface area (Å²) < 4.78 is 0. The molecule has 0 heterocycles. The first-order valence-electron chi connectivity index (χ1n) is 5.93. The van der Waals surface area contributed by atoms with Crippen molar-refractivity contribution in [1.29, 1.82) is 0 Å². The lowest BCUT2D eigenvalue weighted by atomic mass is 10.2. The third-order valence-corrected chi connectivity index (χ3v) is 3.50. The Morgan fingerprint density at radius 3 is 2.81 bits per heavy atom. The first-order valence-corrected chi connectivity index (χ1v) is 6.92. The van der Waals surface area contributed by atoms with Crippen molar-refractivity contribution in [3.8, 4) is 0 Å². The van der Waals surface area contributed by atoms with Crippen LogP contribution in [0.3, 0.4) is 0 Å². The van der Waals surface area contributed by atoms with Gasteiger partial charge in [0.25, 0.3) is 0 Å². The molecule has 2 heteroatoms. The van der Waals surface area contributed by atoms with Gasteiger partial charge in [-0.25, -0.2) is 0 Å². The minimum atomic E-state index is 0.375. The lowest BCUT2D eigenvalue weighted by Gasteiger charge is -2.02. The first-order chi connectivity index (χ1) is 7.72. The Morgan fingerprint density at radius 2 is 2.12 bits per heavy atom. The summed E-state index contributed by atoms with van der Waals surface area (Å²) in [6.07, 6.45) is 4.13. The maximum absolute atomic E-state index is 11.6. The summed E-state index contributed by atoms with van der Waals surface area (Å²) in [5.74, 6) is 0.993. The van der Waals surface area contributed by atoms with E-state index >= 15 is 0 Å². The van der Waals surface area contributed by atoms with Gasteiger partial charge in [0.1, 0.15) is 5.78 Å². The van der Waals surface area contributed by atoms with Gasteiger partial charge in [0, 0.05) is 11.3 Å². The van der Waals surface area contributed by atoms with Gasteiger partial charge in [-0.2, -0.15) is 0 Å². The van der Waals surface area contributed by atoms with Crippen molar-refractivity contribution < 1.29 is 4.79 Å². The van der Waals surface area contributed by atoms with Gasteiger partial charge >= 0.3 is 0 Å². The number of unbranched alkanes of at least 4 members (excludes halogenated alkanes) is 2. The van der Waals surface area contributed by atoms with E-state index < -0.39 is 0 Å². The van der Waals surface area contributed by atoms with Crippen molar-refractivity contribution in [3.63, 3.8) is 0 Å². The molecule has 0 atom stereocenters. The second-order valence-corrected chi connectivity index (χ2v) is 5.15. The SMILES string of the molecule is CCCCCC(=O)CSc1cccc(C)c1. The molecule has 0 saturated carbocycles. The van der Waals surface area contributed by atoms with Gasteiger partial charge in [-0.1, -0.05) is 37.5 Å². The van der Waals surface area contributed by atoms with Crippen LogP contribution in [0.15, 0.2) is 29.2 Å². The molecule has 16 heavy (non-hydrogen) atoms. The summed E-state index contributed by atoms with van der Waals surface area (Å²) in [6, 6.07) is 8.31. The highest BCUT2D eigenvalue weighted by molar-refractivity contribution is 8.00. The van der Waals surface area contributed by atoms with Gasteiger partial charge in [0.2, 0.25) is 0 Å². The van der Waals surface area contributed by atoms with Crippen LogP contribution in [-0.4, -0.2) is 11.5 Å². The molecule has 1 nitrogen and oxygen atoms in total. The van der Waals surface area contributed by atoms with Crippen LogP contribution >= 0.6 is 11.8 Å². The highest BCUT2D eigenvalue weighted by Gasteiger charge is 2.02. The molecule has 0 aromatic heterocycles. The third kappa shape index (κ3) is 5.36. The third-order valence-electron chi connectivity index (χ3n) is 2.45. The molecule has 1 rings (SSSR count). The Morgan fingerprint density at radius 1 is 1.31 bits per heavy atom. The molecule has 0 spiro atoms. The molecule has 0 aliphatic rings. The number of Topliss-reactive ketones (excluding diaryl/α,β-unsaturated/α-hetero) is 1. The van der Waals surface area contributed by atoms with E-state index in [9.17, 15) is 4.79 Å². The van der Waals surface area contributed by atoms with Crippen LogP contribution in [0.25, 0.3) is 0 Å². The van der Waals surface area contributed by atoms with Crippen LogP contribution in [0.5, 0.6) is 0 Å². The fourth-order valence-electron chi connectivity index (χ4n) is 1.51. The largest absolute Gasteiger partial charge is 0.299 e. The molecule has 0 amide bonds. The minimum Gasteiger partial charge on any atom is -0.299 e. The maximum atomic E-state index is 11.6. The fraction of sp³-hybridized carbons (Fsp3) is 0.500. The highest BCUT2D eigenvalue weighted by atomic mass is 32.2.